The third-order valence-corrected chi connectivity index (χ3v) is 4.24. The molecule has 0 fully saturated rings. The number of rotatable bonds is 11. The molecule has 2 aromatic carbocycles. The molecule has 26 heavy (non-hydrogen) atoms. The Labute approximate surface area is 156 Å². The van der Waals surface area contributed by atoms with Crippen LogP contribution in [0.4, 0.5) is 11.4 Å². The maximum absolute atomic E-state index is 10.1. The summed E-state index contributed by atoms with van der Waals surface area (Å²) < 4.78 is 5.66. The molecule has 1 N–H and O–H groups in total. The van der Waals surface area contributed by atoms with Crippen LogP contribution in [0.25, 0.3) is 0 Å². The van der Waals surface area contributed by atoms with E-state index in [1.165, 1.54) is 37.7 Å². The van der Waals surface area contributed by atoms with Gasteiger partial charge in [-0.1, -0.05) is 51.7 Å². The Balaban J connectivity index is 1.89. The fraction of sp³-hybridized carbons (Fsp3) is 0.455. The topological polar surface area (TPSA) is 54.2 Å². The van der Waals surface area contributed by atoms with Crippen molar-refractivity contribution >= 4 is 11.4 Å². The Hall–Kier alpha value is -2.36. The summed E-state index contributed by atoms with van der Waals surface area (Å²) in [5, 5.41) is 18.5. The highest BCUT2D eigenvalue weighted by atomic mass is 16.5. The number of phenols is 1. The molecular weight excluding hydrogens is 324 g/mol. The molecule has 0 saturated heterocycles. The maximum Gasteiger partial charge on any atom is 0.146 e. The van der Waals surface area contributed by atoms with Crippen molar-refractivity contribution in [2.75, 3.05) is 6.61 Å². The molecule has 0 aromatic heterocycles. The molecule has 0 aliphatic carbocycles. The third kappa shape index (κ3) is 6.87. The van der Waals surface area contributed by atoms with E-state index < -0.39 is 0 Å². The average molecular weight is 354 g/mol. The van der Waals surface area contributed by atoms with E-state index >= 15 is 0 Å². The molecule has 0 radical (unpaired) electrons. The average Bonchev–Trinajstić information content (AvgIpc) is 2.66. The standard InChI is InChI=1S/C22H30N2O2/c1-3-5-7-8-16-26-20-14-15-21(22(25)17-20)24-23-19-12-10-18(11-13-19)9-6-4-2/h10-15,17,25H,3-9,16H2,1-2H3. The van der Waals surface area contributed by atoms with E-state index in [1.54, 1.807) is 12.1 Å². The van der Waals surface area contributed by atoms with Crippen LogP contribution >= 0.6 is 0 Å². The summed E-state index contributed by atoms with van der Waals surface area (Å²) in [5.74, 6) is 0.748. The van der Waals surface area contributed by atoms with Crippen molar-refractivity contribution in [1.82, 2.24) is 0 Å². The van der Waals surface area contributed by atoms with Crippen LogP contribution in [0.15, 0.2) is 52.7 Å². The van der Waals surface area contributed by atoms with Crippen LogP contribution in [-0.4, -0.2) is 11.7 Å². The molecule has 0 saturated carbocycles. The van der Waals surface area contributed by atoms with Gasteiger partial charge in [0.1, 0.15) is 17.2 Å². The Morgan fingerprint density at radius 2 is 1.62 bits per heavy atom. The molecule has 140 valence electrons. The van der Waals surface area contributed by atoms with E-state index in [0.717, 1.165) is 18.5 Å². The third-order valence-electron chi connectivity index (χ3n) is 4.24. The van der Waals surface area contributed by atoms with Crippen molar-refractivity contribution in [3.63, 3.8) is 0 Å². The monoisotopic (exact) mass is 354 g/mol. The first-order chi connectivity index (χ1) is 12.7. The second-order valence-electron chi connectivity index (χ2n) is 6.53. The number of aryl methyl sites for hydroxylation is 1. The minimum Gasteiger partial charge on any atom is -0.505 e. The molecule has 0 aliphatic rings. The van der Waals surface area contributed by atoms with Crippen molar-refractivity contribution in [3.05, 3.63) is 48.0 Å². The second-order valence-corrected chi connectivity index (χ2v) is 6.53. The smallest absolute Gasteiger partial charge is 0.146 e. The van der Waals surface area contributed by atoms with Crippen molar-refractivity contribution in [3.8, 4) is 11.5 Å². The summed E-state index contributed by atoms with van der Waals surface area (Å²) in [7, 11) is 0. The van der Waals surface area contributed by atoms with Crippen LogP contribution in [-0.2, 0) is 6.42 Å². The van der Waals surface area contributed by atoms with Gasteiger partial charge in [0.2, 0.25) is 0 Å². The number of aromatic hydroxyl groups is 1. The lowest BCUT2D eigenvalue weighted by molar-refractivity contribution is 0.303. The molecule has 2 rings (SSSR count). The summed E-state index contributed by atoms with van der Waals surface area (Å²) in [6.07, 6.45) is 8.13. The zero-order valence-corrected chi connectivity index (χ0v) is 15.9. The zero-order valence-electron chi connectivity index (χ0n) is 15.9. The number of unbranched alkanes of at least 4 members (excludes halogenated alkanes) is 4. The molecule has 2 aromatic rings. The minimum absolute atomic E-state index is 0.0828. The summed E-state index contributed by atoms with van der Waals surface area (Å²) in [5.41, 5.74) is 2.54. The van der Waals surface area contributed by atoms with Gasteiger partial charge in [-0.25, -0.2) is 0 Å². The van der Waals surface area contributed by atoms with Crippen molar-refractivity contribution < 1.29 is 9.84 Å². The fourth-order valence-corrected chi connectivity index (χ4v) is 2.62. The highest BCUT2D eigenvalue weighted by Crippen LogP contribution is 2.32. The Bertz CT molecular complexity index is 681. The summed E-state index contributed by atoms with van der Waals surface area (Å²) >= 11 is 0. The lowest BCUT2D eigenvalue weighted by Gasteiger charge is -2.07. The number of azo groups is 1. The maximum atomic E-state index is 10.1. The minimum atomic E-state index is 0.0828. The Morgan fingerprint density at radius 3 is 2.31 bits per heavy atom. The quantitative estimate of drug-likeness (QED) is 0.345. The van der Waals surface area contributed by atoms with Crippen molar-refractivity contribution in [2.45, 2.75) is 58.8 Å². The van der Waals surface area contributed by atoms with Crippen molar-refractivity contribution in [2.24, 2.45) is 10.2 Å². The van der Waals surface area contributed by atoms with E-state index in [9.17, 15) is 5.11 Å². The van der Waals surface area contributed by atoms with E-state index in [-0.39, 0.29) is 5.75 Å². The lowest BCUT2D eigenvalue weighted by Crippen LogP contribution is -1.96. The molecular formula is C22H30N2O2. The van der Waals surface area contributed by atoms with Gasteiger partial charge in [0.15, 0.2) is 0 Å². The van der Waals surface area contributed by atoms with Crippen LogP contribution in [0.3, 0.4) is 0 Å². The SMILES string of the molecule is CCCCCCOc1ccc(N=Nc2ccc(CCCC)cc2)c(O)c1. The van der Waals surface area contributed by atoms with Gasteiger partial charge in [-0.05, 0) is 49.1 Å². The van der Waals surface area contributed by atoms with Gasteiger partial charge in [-0.15, -0.1) is 5.11 Å². The molecule has 0 bridgehead atoms. The van der Waals surface area contributed by atoms with Crippen LogP contribution in [0.5, 0.6) is 11.5 Å². The highest BCUT2D eigenvalue weighted by molar-refractivity contribution is 5.54. The molecule has 4 heteroatoms. The number of phenolic OH excluding ortho intramolecular Hbond substituents is 1. The first-order valence-electron chi connectivity index (χ1n) is 9.69. The highest BCUT2D eigenvalue weighted by Gasteiger charge is 2.03. The fourth-order valence-electron chi connectivity index (χ4n) is 2.62. The van der Waals surface area contributed by atoms with Gasteiger partial charge < -0.3 is 9.84 Å². The first-order valence-corrected chi connectivity index (χ1v) is 9.69. The number of nitrogens with zero attached hydrogens (tertiary/aromatic N) is 2. The molecule has 0 amide bonds. The molecule has 0 unspecified atom stereocenters. The predicted molar refractivity (Wildman–Crippen MR) is 107 cm³/mol. The van der Waals surface area contributed by atoms with E-state index in [0.29, 0.717) is 18.0 Å². The summed E-state index contributed by atoms with van der Waals surface area (Å²) in [4.78, 5) is 0. The second kappa shape index (κ2) is 11.3. The van der Waals surface area contributed by atoms with E-state index in [2.05, 4.69) is 36.2 Å². The number of benzene rings is 2. The van der Waals surface area contributed by atoms with Gasteiger partial charge in [-0.2, -0.15) is 5.11 Å². The number of hydrogen-bond donors (Lipinski definition) is 1. The van der Waals surface area contributed by atoms with Crippen LogP contribution in [0.2, 0.25) is 0 Å². The van der Waals surface area contributed by atoms with E-state index in [4.69, 9.17) is 4.74 Å². The number of ether oxygens (including phenoxy) is 1. The predicted octanol–water partition coefficient (Wildman–Crippen LogP) is 7.11. The molecule has 0 atom stereocenters. The van der Waals surface area contributed by atoms with E-state index in [1.807, 2.05) is 18.2 Å². The lowest BCUT2D eigenvalue weighted by atomic mass is 10.1. The van der Waals surface area contributed by atoms with Gasteiger partial charge in [0, 0.05) is 6.07 Å². The van der Waals surface area contributed by atoms with Gasteiger partial charge in [0.05, 0.1) is 12.3 Å². The number of hydrogen-bond acceptors (Lipinski definition) is 4. The van der Waals surface area contributed by atoms with Crippen molar-refractivity contribution in [1.29, 1.82) is 0 Å². The molecule has 4 nitrogen and oxygen atoms in total. The van der Waals surface area contributed by atoms with Crippen LogP contribution < -0.4 is 4.74 Å². The van der Waals surface area contributed by atoms with Crippen LogP contribution in [0, 0.1) is 0 Å². The van der Waals surface area contributed by atoms with Gasteiger partial charge >= 0.3 is 0 Å². The van der Waals surface area contributed by atoms with Gasteiger partial charge in [-0.3, -0.25) is 0 Å². The first kappa shape index (κ1) is 20.0. The Kier molecular flexibility index (Phi) is 8.67. The zero-order chi connectivity index (χ0) is 18.6. The normalized spacial score (nSPS) is 11.2. The Morgan fingerprint density at radius 1 is 0.846 bits per heavy atom. The molecule has 0 heterocycles. The molecule has 0 aliphatic heterocycles. The van der Waals surface area contributed by atoms with Crippen LogP contribution in [0.1, 0.15) is 57.9 Å². The van der Waals surface area contributed by atoms with Gasteiger partial charge in [0.25, 0.3) is 0 Å². The molecule has 0 spiro atoms. The summed E-state index contributed by atoms with van der Waals surface area (Å²) in [6.45, 7) is 5.05. The largest absolute Gasteiger partial charge is 0.505 e. The summed E-state index contributed by atoms with van der Waals surface area (Å²) in [6, 6.07) is 13.2.